The van der Waals surface area contributed by atoms with Crippen molar-refractivity contribution in [3.8, 4) is 0 Å². The molecule has 0 aromatic heterocycles. The van der Waals surface area contributed by atoms with Gasteiger partial charge < -0.3 is 10.0 Å². The van der Waals surface area contributed by atoms with Gasteiger partial charge in [0.15, 0.2) is 0 Å². The summed E-state index contributed by atoms with van der Waals surface area (Å²) in [6.45, 7) is -0.388. The lowest BCUT2D eigenvalue weighted by Crippen LogP contribution is -2.73. The van der Waals surface area contributed by atoms with Crippen molar-refractivity contribution in [2.45, 2.75) is 42.2 Å². The highest BCUT2D eigenvalue weighted by molar-refractivity contribution is 7.89. The predicted octanol–water partition coefficient (Wildman–Crippen LogP) is 2.75. The number of aliphatic hydroxyl groups excluding tert-OH is 1. The second-order valence-corrected chi connectivity index (χ2v) is 10.6. The van der Waals surface area contributed by atoms with Gasteiger partial charge in [-0.05, 0) is 54.2 Å². The largest absolute Gasteiger partial charge is 0.394 e. The van der Waals surface area contributed by atoms with E-state index in [1.807, 2.05) is 12.1 Å². The van der Waals surface area contributed by atoms with Crippen molar-refractivity contribution in [1.82, 2.24) is 9.21 Å². The molecule has 3 atom stereocenters. The molecule has 1 N–H and O–H groups in total. The van der Waals surface area contributed by atoms with Gasteiger partial charge in [0.25, 0.3) is 0 Å². The smallest absolute Gasteiger partial charge is 0.243 e. The molecule has 2 aromatic rings. The molecule has 2 saturated heterocycles. The van der Waals surface area contributed by atoms with E-state index >= 15 is 0 Å². The van der Waals surface area contributed by atoms with Crippen LogP contribution in [0.25, 0.3) is 5.57 Å². The van der Waals surface area contributed by atoms with Gasteiger partial charge in [0, 0.05) is 12.5 Å². The summed E-state index contributed by atoms with van der Waals surface area (Å²) < 4.78 is 40.9. The molecule has 6 nitrogen and oxygen atoms in total. The Morgan fingerprint density at radius 3 is 2.56 bits per heavy atom. The van der Waals surface area contributed by atoms with Crippen LogP contribution in [0.3, 0.4) is 0 Å². The van der Waals surface area contributed by atoms with Crippen LogP contribution in [0.4, 0.5) is 4.39 Å². The minimum absolute atomic E-state index is 0.110. The second-order valence-electron chi connectivity index (χ2n) is 8.64. The molecular formula is C24H25FN2O4S. The van der Waals surface area contributed by atoms with Crippen molar-refractivity contribution in [3.63, 3.8) is 0 Å². The molecule has 8 heteroatoms. The number of piperazine rings is 1. The lowest BCUT2D eigenvalue weighted by Gasteiger charge is -2.58. The summed E-state index contributed by atoms with van der Waals surface area (Å²) in [5.74, 6) is -1.15. The number of hydrogen-bond acceptors (Lipinski definition) is 4. The highest BCUT2D eigenvalue weighted by atomic mass is 32.2. The van der Waals surface area contributed by atoms with Crippen molar-refractivity contribution >= 4 is 21.5 Å². The van der Waals surface area contributed by atoms with E-state index in [2.05, 4.69) is 18.2 Å². The van der Waals surface area contributed by atoms with Crippen LogP contribution in [0.5, 0.6) is 0 Å². The maximum atomic E-state index is 13.6. The van der Waals surface area contributed by atoms with Gasteiger partial charge in [-0.15, -0.1) is 0 Å². The van der Waals surface area contributed by atoms with Gasteiger partial charge in [0.2, 0.25) is 15.9 Å². The van der Waals surface area contributed by atoms with E-state index in [1.165, 1.54) is 35.8 Å². The maximum Gasteiger partial charge on any atom is 0.243 e. The van der Waals surface area contributed by atoms with Crippen molar-refractivity contribution in [2.24, 2.45) is 0 Å². The molecule has 0 radical (unpaired) electrons. The second kappa shape index (κ2) is 8.10. The fourth-order valence-corrected chi connectivity index (χ4v) is 6.72. The van der Waals surface area contributed by atoms with Crippen LogP contribution >= 0.6 is 0 Å². The average molecular weight is 457 g/mol. The van der Waals surface area contributed by atoms with Crippen molar-refractivity contribution < 1.29 is 22.7 Å². The highest BCUT2D eigenvalue weighted by Gasteiger charge is 2.55. The number of allylic oxidation sites excluding steroid dienone is 2. The molecule has 0 bridgehead atoms. The van der Waals surface area contributed by atoms with Crippen LogP contribution in [0.15, 0.2) is 59.5 Å². The molecule has 2 aromatic carbocycles. The molecule has 1 amide bonds. The first kappa shape index (κ1) is 21.3. The third-order valence-corrected chi connectivity index (χ3v) is 8.67. The standard InChI is InChI=1S/C24H25FN2O4S/c25-19-6-3-7-20(12-19)32(30,31)26-13-21-24(22(15-28)27(21)23(29)14-26)18-10-8-17(9-11-18)16-4-1-2-5-16/h3-4,6-12,21-22,24,28H,1-2,5,13-15H2/t21-,22+,24+/m1/s1. The molecule has 0 spiro atoms. The highest BCUT2D eigenvalue weighted by Crippen LogP contribution is 2.44. The van der Waals surface area contributed by atoms with Gasteiger partial charge >= 0.3 is 0 Å². The van der Waals surface area contributed by atoms with E-state index in [-0.39, 0.29) is 48.5 Å². The summed E-state index contributed by atoms with van der Waals surface area (Å²) in [5, 5.41) is 9.96. The Labute approximate surface area is 187 Å². The van der Waals surface area contributed by atoms with Gasteiger partial charge in [-0.1, -0.05) is 36.4 Å². The van der Waals surface area contributed by atoms with Crippen molar-refractivity contribution in [2.75, 3.05) is 19.7 Å². The number of hydrogen-bond donors (Lipinski definition) is 1. The maximum absolute atomic E-state index is 13.6. The van der Waals surface area contributed by atoms with Gasteiger partial charge in [-0.25, -0.2) is 12.8 Å². The molecule has 2 fully saturated rings. The number of carbonyl (C=O) groups is 1. The zero-order chi connectivity index (χ0) is 22.5. The van der Waals surface area contributed by atoms with Gasteiger partial charge in [0.1, 0.15) is 5.82 Å². The van der Waals surface area contributed by atoms with E-state index < -0.39 is 15.8 Å². The molecule has 2 heterocycles. The number of aliphatic hydroxyl groups is 1. The summed E-state index contributed by atoms with van der Waals surface area (Å²) >= 11 is 0. The first-order chi connectivity index (χ1) is 15.4. The zero-order valence-corrected chi connectivity index (χ0v) is 18.3. The lowest BCUT2D eigenvalue weighted by molar-refractivity contribution is -0.158. The van der Waals surface area contributed by atoms with Gasteiger partial charge in [0.05, 0.1) is 30.1 Å². The Bertz CT molecular complexity index is 1180. The molecule has 1 aliphatic carbocycles. The Morgan fingerprint density at radius 1 is 1.12 bits per heavy atom. The lowest BCUT2D eigenvalue weighted by atomic mass is 9.74. The molecule has 32 heavy (non-hydrogen) atoms. The monoisotopic (exact) mass is 456 g/mol. The SMILES string of the molecule is O=C1CN(S(=O)(=O)c2cccc(F)c2)C[C@@H]2[C@H](c3ccc(C4=CCCC4)cc3)[C@H](CO)N12. The zero-order valence-electron chi connectivity index (χ0n) is 17.5. The fraction of sp³-hybridized carbons (Fsp3) is 0.375. The number of nitrogens with zero attached hydrogens (tertiary/aromatic N) is 2. The molecular weight excluding hydrogens is 431 g/mol. The molecule has 0 saturated carbocycles. The Balaban J connectivity index is 1.42. The number of amides is 1. The van der Waals surface area contributed by atoms with E-state index in [4.69, 9.17) is 0 Å². The van der Waals surface area contributed by atoms with Crippen molar-refractivity contribution in [1.29, 1.82) is 0 Å². The van der Waals surface area contributed by atoms with Crippen LogP contribution in [0.2, 0.25) is 0 Å². The number of fused-ring (bicyclic) bond motifs is 1. The third kappa shape index (κ3) is 3.46. The normalized spacial score (nSPS) is 25.9. The minimum atomic E-state index is -4.01. The molecule has 5 rings (SSSR count). The first-order valence-corrected chi connectivity index (χ1v) is 12.3. The summed E-state index contributed by atoms with van der Waals surface area (Å²) in [6, 6.07) is 12.3. The van der Waals surface area contributed by atoms with E-state index in [0.717, 1.165) is 28.8 Å². The van der Waals surface area contributed by atoms with Gasteiger partial charge in [-0.3, -0.25) is 4.79 Å². The third-order valence-electron chi connectivity index (χ3n) is 6.86. The summed E-state index contributed by atoms with van der Waals surface area (Å²) in [5.41, 5.74) is 3.49. The molecule has 2 aliphatic heterocycles. The Kier molecular flexibility index (Phi) is 5.39. The number of sulfonamides is 1. The molecule has 0 unspecified atom stereocenters. The number of carbonyl (C=O) groups excluding carboxylic acids is 1. The summed E-state index contributed by atoms with van der Waals surface area (Å²) in [4.78, 5) is 14.3. The van der Waals surface area contributed by atoms with E-state index in [1.54, 1.807) is 4.90 Å². The van der Waals surface area contributed by atoms with Crippen LogP contribution < -0.4 is 0 Å². The number of halogens is 1. The van der Waals surface area contributed by atoms with Gasteiger partial charge in [-0.2, -0.15) is 4.31 Å². The summed E-state index contributed by atoms with van der Waals surface area (Å²) in [7, 11) is -4.01. The summed E-state index contributed by atoms with van der Waals surface area (Å²) in [6.07, 6.45) is 5.59. The number of rotatable bonds is 5. The van der Waals surface area contributed by atoms with Crippen LogP contribution in [0.1, 0.15) is 36.3 Å². The molecule has 168 valence electrons. The Hall–Kier alpha value is -2.55. The Morgan fingerprint density at radius 2 is 1.91 bits per heavy atom. The van der Waals surface area contributed by atoms with Crippen LogP contribution in [-0.2, 0) is 14.8 Å². The van der Waals surface area contributed by atoms with Crippen LogP contribution in [-0.4, -0.2) is 60.4 Å². The minimum Gasteiger partial charge on any atom is -0.394 e. The molecule has 3 aliphatic rings. The van der Waals surface area contributed by atoms with Crippen molar-refractivity contribution in [3.05, 3.63) is 71.6 Å². The quantitative estimate of drug-likeness (QED) is 0.751. The average Bonchev–Trinajstić information content (AvgIpc) is 3.30. The first-order valence-electron chi connectivity index (χ1n) is 10.9. The van der Waals surface area contributed by atoms with Crippen LogP contribution in [0, 0.1) is 5.82 Å². The fourth-order valence-electron chi connectivity index (χ4n) is 5.28. The van der Waals surface area contributed by atoms with E-state index in [9.17, 15) is 22.7 Å². The topological polar surface area (TPSA) is 77.9 Å². The number of benzene rings is 2. The predicted molar refractivity (Wildman–Crippen MR) is 118 cm³/mol. The van der Waals surface area contributed by atoms with E-state index in [0.29, 0.717) is 0 Å².